The van der Waals surface area contributed by atoms with Crippen molar-refractivity contribution in [3.8, 4) is 5.75 Å². The number of nitrogens with one attached hydrogen (secondary N) is 1. The number of amides is 1. The molecule has 0 bridgehead atoms. The number of rotatable bonds is 7. The number of hydrogen-bond donors (Lipinski definition) is 2. The topological polar surface area (TPSA) is 90.7 Å². The molecule has 0 heterocycles. The Morgan fingerprint density at radius 3 is 2.68 bits per heavy atom. The number of carbonyl (C=O) groups is 2. The van der Waals surface area contributed by atoms with Gasteiger partial charge in [0.15, 0.2) is 6.61 Å². The van der Waals surface area contributed by atoms with E-state index in [1.165, 1.54) is 12.1 Å². The highest BCUT2D eigenvalue weighted by Gasteiger charge is 2.12. The molecule has 0 aliphatic heterocycles. The van der Waals surface area contributed by atoms with Crippen LogP contribution in [0, 0.1) is 0 Å². The first-order chi connectivity index (χ1) is 12.0. The number of carbonyl (C=O) groups excluding carboxylic acids is 2. The van der Waals surface area contributed by atoms with Gasteiger partial charge in [0.05, 0.1) is 28.6 Å². The largest absolute Gasteiger partial charge is 0.482 e. The summed E-state index contributed by atoms with van der Waals surface area (Å²) in [4.78, 5) is 23.9. The average molecular weight is 363 g/mol. The molecule has 0 spiro atoms. The average Bonchev–Trinajstić information content (AvgIpc) is 2.61. The minimum absolute atomic E-state index is 0.236. The van der Waals surface area contributed by atoms with Crippen LogP contribution < -0.4 is 15.8 Å². The fourth-order valence-corrected chi connectivity index (χ4v) is 2.14. The lowest BCUT2D eigenvalue weighted by molar-refractivity contribution is -0.118. The quantitative estimate of drug-likeness (QED) is 0.581. The van der Waals surface area contributed by atoms with Gasteiger partial charge in [-0.15, -0.1) is 0 Å². The van der Waals surface area contributed by atoms with Crippen LogP contribution in [0.2, 0.25) is 5.02 Å². The van der Waals surface area contributed by atoms with E-state index in [1.807, 2.05) is 6.92 Å². The molecule has 0 aliphatic carbocycles. The lowest BCUT2D eigenvalue weighted by Gasteiger charge is -2.11. The van der Waals surface area contributed by atoms with Gasteiger partial charge in [0.2, 0.25) is 0 Å². The SMILES string of the molecule is CCCOC(=O)c1ccc(N)c(OCC(=O)Nc2ccccc2Cl)c1. The van der Waals surface area contributed by atoms with Crippen molar-refractivity contribution in [3.63, 3.8) is 0 Å². The maximum absolute atomic E-state index is 12.0. The van der Waals surface area contributed by atoms with Crippen molar-refractivity contribution in [2.24, 2.45) is 0 Å². The van der Waals surface area contributed by atoms with E-state index in [0.717, 1.165) is 6.42 Å². The highest BCUT2D eigenvalue weighted by atomic mass is 35.5. The first-order valence-electron chi connectivity index (χ1n) is 7.75. The summed E-state index contributed by atoms with van der Waals surface area (Å²) in [6, 6.07) is 11.4. The number of ether oxygens (including phenoxy) is 2. The summed E-state index contributed by atoms with van der Waals surface area (Å²) in [7, 11) is 0. The zero-order chi connectivity index (χ0) is 18.2. The monoisotopic (exact) mass is 362 g/mol. The molecule has 2 aromatic carbocycles. The van der Waals surface area contributed by atoms with E-state index < -0.39 is 11.9 Å². The van der Waals surface area contributed by atoms with Gasteiger partial charge < -0.3 is 20.5 Å². The maximum Gasteiger partial charge on any atom is 0.338 e. The van der Waals surface area contributed by atoms with Crippen molar-refractivity contribution in [2.45, 2.75) is 13.3 Å². The Morgan fingerprint density at radius 1 is 1.20 bits per heavy atom. The summed E-state index contributed by atoms with van der Waals surface area (Å²) in [5, 5.41) is 3.06. The third-order valence-electron chi connectivity index (χ3n) is 3.19. The molecule has 7 heteroatoms. The van der Waals surface area contributed by atoms with Crippen molar-refractivity contribution >= 4 is 34.9 Å². The minimum Gasteiger partial charge on any atom is -0.482 e. The molecule has 0 saturated heterocycles. The number of hydrogen-bond acceptors (Lipinski definition) is 5. The molecule has 3 N–H and O–H groups in total. The van der Waals surface area contributed by atoms with E-state index >= 15 is 0 Å². The summed E-state index contributed by atoms with van der Waals surface area (Å²) in [5.41, 5.74) is 6.94. The van der Waals surface area contributed by atoms with E-state index in [-0.39, 0.29) is 12.4 Å². The second kappa shape index (κ2) is 8.94. The van der Waals surface area contributed by atoms with E-state index in [2.05, 4.69) is 5.32 Å². The fourth-order valence-electron chi connectivity index (χ4n) is 1.96. The van der Waals surface area contributed by atoms with Crippen molar-refractivity contribution in [2.75, 3.05) is 24.3 Å². The predicted molar refractivity (Wildman–Crippen MR) is 97.0 cm³/mol. The van der Waals surface area contributed by atoms with Gasteiger partial charge in [-0.1, -0.05) is 30.7 Å². The normalized spacial score (nSPS) is 10.2. The fraction of sp³-hybridized carbons (Fsp3) is 0.222. The Morgan fingerprint density at radius 2 is 1.96 bits per heavy atom. The molecule has 0 radical (unpaired) electrons. The maximum atomic E-state index is 12.0. The van der Waals surface area contributed by atoms with Crippen LogP contribution in [0.3, 0.4) is 0 Å². The first-order valence-corrected chi connectivity index (χ1v) is 8.13. The molecule has 2 rings (SSSR count). The zero-order valence-corrected chi connectivity index (χ0v) is 14.5. The zero-order valence-electron chi connectivity index (χ0n) is 13.8. The van der Waals surface area contributed by atoms with Crippen molar-refractivity contribution in [1.29, 1.82) is 0 Å². The third-order valence-corrected chi connectivity index (χ3v) is 3.52. The molecule has 0 unspecified atom stereocenters. The smallest absolute Gasteiger partial charge is 0.338 e. The molecule has 0 saturated carbocycles. The Bertz CT molecular complexity index is 764. The number of nitrogen functional groups attached to an aromatic ring is 1. The van der Waals surface area contributed by atoms with Gasteiger partial charge in [-0.2, -0.15) is 0 Å². The van der Waals surface area contributed by atoms with E-state index in [4.69, 9.17) is 26.8 Å². The van der Waals surface area contributed by atoms with Gasteiger partial charge in [-0.05, 0) is 36.8 Å². The van der Waals surface area contributed by atoms with Crippen molar-refractivity contribution in [1.82, 2.24) is 0 Å². The Balaban J connectivity index is 1.98. The summed E-state index contributed by atoms with van der Waals surface area (Å²) >= 11 is 5.98. The molecule has 0 aliphatic rings. The van der Waals surface area contributed by atoms with Crippen LogP contribution >= 0.6 is 11.6 Å². The summed E-state index contributed by atoms with van der Waals surface area (Å²) in [6.45, 7) is 1.96. The van der Waals surface area contributed by atoms with Gasteiger partial charge in [0.1, 0.15) is 5.75 Å². The second-order valence-corrected chi connectivity index (χ2v) is 5.61. The molecular formula is C18H19ClN2O4. The number of nitrogens with two attached hydrogens (primary N) is 1. The molecule has 132 valence electrons. The van der Waals surface area contributed by atoms with Crippen molar-refractivity contribution < 1.29 is 19.1 Å². The van der Waals surface area contributed by atoms with Crippen molar-refractivity contribution in [3.05, 3.63) is 53.1 Å². The Labute approximate surface area is 150 Å². The molecule has 2 aromatic rings. The summed E-state index contributed by atoms with van der Waals surface area (Å²) in [5.74, 6) is -0.626. The molecule has 6 nitrogen and oxygen atoms in total. The number of halogens is 1. The van der Waals surface area contributed by atoms with Crippen LogP contribution in [0.5, 0.6) is 5.75 Å². The van der Waals surface area contributed by atoms with Crippen LogP contribution in [0.15, 0.2) is 42.5 Å². The number of esters is 1. The molecule has 0 fully saturated rings. The molecule has 25 heavy (non-hydrogen) atoms. The van der Waals surface area contributed by atoms with E-state index in [0.29, 0.717) is 28.6 Å². The Kier molecular flexibility index (Phi) is 6.65. The number of para-hydroxylation sites is 1. The number of benzene rings is 2. The standard InChI is InChI=1S/C18H19ClN2O4/c1-2-9-24-18(23)12-7-8-14(20)16(10-12)25-11-17(22)21-15-6-4-3-5-13(15)19/h3-8,10H,2,9,11,20H2,1H3,(H,21,22). The first kappa shape index (κ1) is 18.6. The van der Waals surface area contributed by atoms with E-state index in [1.54, 1.807) is 30.3 Å². The lowest BCUT2D eigenvalue weighted by Crippen LogP contribution is -2.20. The third kappa shape index (κ3) is 5.39. The molecular weight excluding hydrogens is 344 g/mol. The highest BCUT2D eigenvalue weighted by Crippen LogP contribution is 2.24. The molecule has 1 amide bonds. The van der Waals surface area contributed by atoms with Gasteiger partial charge in [0.25, 0.3) is 5.91 Å². The molecule has 0 aromatic heterocycles. The van der Waals surface area contributed by atoms with Crippen LogP contribution in [0.25, 0.3) is 0 Å². The molecule has 0 atom stereocenters. The summed E-state index contributed by atoms with van der Waals surface area (Å²) in [6.07, 6.45) is 0.728. The van der Waals surface area contributed by atoms with Gasteiger partial charge in [-0.3, -0.25) is 4.79 Å². The lowest BCUT2D eigenvalue weighted by atomic mass is 10.2. The van der Waals surface area contributed by atoms with Crippen LogP contribution in [0.1, 0.15) is 23.7 Å². The second-order valence-electron chi connectivity index (χ2n) is 5.21. The minimum atomic E-state index is -0.466. The van der Waals surface area contributed by atoms with Crippen LogP contribution in [0.4, 0.5) is 11.4 Å². The van der Waals surface area contributed by atoms with Gasteiger partial charge in [-0.25, -0.2) is 4.79 Å². The predicted octanol–water partition coefficient (Wildman–Crippen LogP) is 3.51. The van der Waals surface area contributed by atoms with Crippen LogP contribution in [-0.4, -0.2) is 25.1 Å². The summed E-state index contributed by atoms with van der Waals surface area (Å²) < 4.78 is 10.5. The van der Waals surface area contributed by atoms with Crippen LogP contribution in [-0.2, 0) is 9.53 Å². The number of anilines is 2. The van der Waals surface area contributed by atoms with Gasteiger partial charge >= 0.3 is 5.97 Å². The Hall–Kier alpha value is -2.73. The van der Waals surface area contributed by atoms with Gasteiger partial charge in [0, 0.05) is 0 Å². The highest BCUT2D eigenvalue weighted by molar-refractivity contribution is 6.33. The van der Waals surface area contributed by atoms with E-state index in [9.17, 15) is 9.59 Å².